The standard InChI is InChI=1S/C21H16N4O2/c1-14-7-6-12-23-19(14)24-13-17-15-8-2-3-9-16(15)20(26)25(21(17)27)18-10-4-5-11-22-18/h2-13,27H,1H3/b24-13+. The van der Waals surface area contributed by atoms with Crippen molar-refractivity contribution < 1.29 is 5.11 Å². The minimum Gasteiger partial charge on any atom is -0.494 e. The van der Waals surface area contributed by atoms with Gasteiger partial charge in [-0.25, -0.2) is 19.5 Å². The molecule has 4 rings (SSSR count). The molecule has 0 fully saturated rings. The molecule has 4 aromatic rings. The van der Waals surface area contributed by atoms with Crippen LogP contribution in [-0.4, -0.2) is 25.9 Å². The Morgan fingerprint density at radius 1 is 0.963 bits per heavy atom. The van der Waals surface area contributed by atoms with Crippen molar-refractivity contribution in [2.75, 3.05) is 0 Å². The van der Waals surface area contributed by atoms with E-state index >= 15 is 0 Å². The van der Waals surface area contributed by atoms with Crippen molar-refractivity contribution in [3.63, 3.8) is 0 Å². The number of hydrogen-bond acceptors (Lipinski definition) is 5. The van der Waals surface area contributed by atoms with Gasteiger partial charge in [0.15, 0.2) is 5.82 Å². The molecule has 0 aliphatic rings. The van der Waals surface area contributed by atoms with Gasteiger partial charge in [0.1, 0.15) is 5.82 Å². The zero-order valence-corrected chi connectivity index (χ0v) is 14.6. The van der Waals surface area contributed by atoms with E-state index in [0.29, 0.717) is 28.0 Å². The van der Waals surface area contributed by atoms with E-state index in [0.717, 1.165) is 5.56 Å². The summed E-state index contributed by atoms with van der Waals surface area (Å²) in [5.41, 5.74) is 1.00. The summed E-state index contributed by atoms with van der Waals surface area (Å²) in [6.45, 7) is 1.91. The molecule has 3 heterocycles. The minimum atomic E-state index is -0.340. The van der Waals surface area contributed by atoms with Crippen molar-refractivity contribution in [1.82, 2.24) is 14.5 Å². The highest BCUT2D eigenvalue weighted by Crippen LogP contribution is 2.26. The zero-order chi connectivity index (χ0) is 18.8. The molecule has 0 aliphatic carbocycles. The molecule has 1 N–H and O–H groups in total. The second-order valence-corrected chi connectivity index (χ2v) is 6.01. The highest BCUT2D eigenvalue weighted by molar-refractivity contribution is 6.02. The third-order valence-electron chi connectivity index (χ3n) is 4.28. The molecule has 0 atom stereocenters. The molecule has 1 aromatic carbocycles. The number of pyridine rings is 3. The molecule has 27 heavy (non-hydrogen) atoms. The van der Waals surface area contributed by atoms with Gasteiger partial charge in [-0.05, 0) is 36.8 Å². The van der Waals surface area contributed by atoms with Crippen LogP contribution >= 0.6 is 0 Å². The van der Waals surface area contributed by atoms with Gasteiger partial charge in [-0.3, -0.25) is 4.79 Å². The quantitative estimate of drug-likeness (QED) is 0.569. The summed E-state index contributed by atoms with van der Waals surface area (Å²) in [5, 5.41) is 12.0. The first-order valence-electron chi connectivity index (χ1n) is 8.40. The number of benzene rings is 1. The van der Waals surface area contributed by atoms with Crippen LogP contribution in [0.1, 0.15) is 11.1 Å². The molecule has 0 amide bonds. The van der Waals surface area contributed by atoms with E-state index in [1.165, 1.54) is 10.8 Å². The van der Waals surface area contributed by atoms with Crippen LogP contribution in [0.3, 0.4) is 0 Å². The molecule has 0 aliphatic heterocycles. The molecule has 6 heteroatoms. The summed E-state index contributed by atoms with van der Waals surface area (Å²) >= 11 is 0. The summed E-state index contributed by atoms with van der Waals surface area (Å²) < 4.78 is 1.19. The van der Waals surface area contributed by atoms with Crippen LogP contribution in [0.4, 0.5) is 5.82 Å². The molecule has 0 saturated heterocycles. The Labute approximate surface area is 155 Å². The van der Waals surface area contributed by atoms with E-state index in [2.05, 4.69) is 15.0 Å². The molecule has 0 unspecified atom stereocenters. The number of aryl methyl sites for hydroxylation is 1. The van der Waals surface area contributed by atoms with Crippen molar-refractivity contribution in [1.29, 1.82) is 0 Å². The molecule has 132 valence electrons. The average Bonchev–Trinajstić information content (AvgIpc) is 2.70. The molecule has 3 aromatic heterocycles. The SMILES string of the molecule is Cc1cccnc1/N=C/c1c(O)n(-c2ccccn2)c(=O)c2ccccc12. The van der Waals surface area contributed by atoms with Gasteiger partial charge in [-0.15, -0.1) is 0 Å². The van der Waals surface area contributed by atoms with Gasteiger partial charge in [0.25, 0.3) is 5.56 Å². The molecular formula is C21H16N4O2. The van der Waals surface area contributed by atoms with E-state index < -0.39 is 0 Å². The van der Waals surface area contributed by atoms with Crippen LogP contribution in [0.2, 0.25) is 0 Å². The summed E-state index contributed by atoms with van der Waals surface area (Å²) in [6, 6.07) is 16.0. The fourth-order valence-electron chi connectivity index (χ4n) is 2.93. The molecule has 0 saturated carbocycles. The Hall–Kier alpha value is -3.80. The highest BCUT2D eigenvalue weighted by atomic mass is 16.3. The van der Waals surface area contributed by atoms with Crippen molar-refractivity contribution in [2.24, 2.45) is 4.99 Å². The average molecular weight is 356 g/mol. The van der Waals surface area contributed by atoms with Gasteiger partial charge in [-0.1, -0.05) is 30.3 Å². The maximum atomic E-state index is 12.9. The minimum absolute atomic E-state index is 0.213. The second kappa shape index (κ2) is 6.84. The number of rotatable bonds is 3. The highest BCUT2D eigenvalue weighted by Gasteiger charge is 2.16. The van der Waals surface area contributed by atoms with Crippen LogP contribution < -0.4 is 5.56 Å². The van der Waals surface area contributed by atoms with Crippen molar-refractivity contribution in [3.05, 3.63) is 88.5 Å². The van der Waals surface area contributed by atoms with Crippen molar-refractivity contribution in [3.8, 4) is 11.7 Å². The van der Waals surface area contributed by atoms with Crippen LogP contribution in [-0.2, 0) is 0 Å². The van der Waals surface area contributed by atoms with Crippen molar-refractivity contribution in [2.45, 2.75) is 6.92 Å². The smallest absolute Gasteiger partial charge is 0.267 e. The van der Waals surface area contributed by atoms with Gasteiger partial charge in [0, 0.05) is 29.4 Å². The number of aromatic nitrogens is 3. The number of fused-ring (bicyclic) bond motifs is 1. The predicted molar refractivity (Wildman–Crippen MR) is 105 cm³/mol. The Morgan fingerprint density at radius 2 is 1.70 bits per heavy atom. The first kappa shape index (κ1) is 16.7. The predicted octanol–water partition coefficient (Wildman–Crippen LogP) is 3.55. The first-order chi connectivity index (χ1) is 13.2. The molecule has 0 spiro atoms. The zero-order valence-electron chi connectivity index (χ0n) is 14.6. The Bertz CT molecular complexity index is 1210. The van der Waals surface area contributed by atoms with E-state index in [1.807, 2.05) is 25.1 Å². The van der Waals surface area contributed by atoms with Crippen LogP contribution in [0.5, 0.6) is 5.88 Å². The van der Waals surface area contributed by atoms with E-state index in [1.54, 1.807) is 48.8 Å². The van der Waals surface area contributed by atoms with Crippen LogP contribution in [0, 0.1) is 6.92 Å². The summed E-state index contributed by atoms with van der Waals surface area (Å²) in [6.07, 6.45) is 4.76. The van der Waals surface area contributed by atoms with E-state index in [9.17, 15) is 9.90 Å². The normalized spacial score (nSPS) is 11.3. The van der Waals surface area contributed by atoms with Gasteiger partial charge >= 0.3 is 0 Å². The lowest BCUT2D eigenvalue weighted by atomic mass is 10.1. The van der Waals surface area contributed by atoms with Gasteiger partial charge in [0.05, 0.1) is 5.56 Å². The van der Waals surface area contributed by atoms with Gasteiger partial charge in [0.2, 0.25) is 5.88 Å². The second-order valence-electron chi connectivity index (χ2n) is 6.01. The molecule has 6 nitrogen and oxygen atoms in total. The fourth-order valence-corrected chi connectivity index (χ4v) is 2.93. The lowest BCUT2D eigenvalue weighted by molar-refractivity contribution is 0.435. The van der Waals surface area contributed by atoms with E-state index in [4.69, 9.17) is 0 Å². The summed E-state index contributed by atoms with van der Waals surface area (Å²) in [4.78, 5) is 25.8. The Morgan fingerprint density at radius 3 is 2.44 bits per heavy atom. The lowest BCUT2D eigenvalue weighted by Crippen LogP contribution is -2.20. The Kier molecular flexibility index (Phi) is 4.22. The fraction of sp³-hybridized carbons (Fsp3) is 0.0476. The van der Waals surface area contributed by atoms with Gasteiger partial charge < -0.3 is 5.11 Å². The first-order valence-corrected chi connectivity index (χ1v) is 8.40. The molecular weight excluding hydrogens is 340 g/mol. The monoisotopic (exact) mass is 356 g/mol. The molecule has 0 radical (unpaired) electrons. The largest absolute Gasteiger partial charge is 0.494 e. The van der Waals surface area contributed by atoms with Crippen molar-refractivity contribution >= 4 is 22.8 Å². The van der Waals surface area contributed by atoms with Crippen LogP contribution in [0.25, 0.3) is 16.6 Å². The topological polar surface area (TPSA) is 80.4 Å². The molecule has 0 bridgehead atoms. The maximum Gasteiger partial charge on any atom is 0.267 e. The number of nitrogens with zero attached hydrogens (tertiary/aromatic N) is 4. The Balaban J connectivity index is 2.00. The summed E-state index contributed by atoms with van der Waals surface area (Å²) in [5.74, 6) is 0.681. The number of aliphatic imine (C=N–C) groups is 1. The van der Waals surface area contributed by atoms with Crippen LogP contribution in [0.15, 0.2) is 76.8 Å². The lowest BCUT2D eigenvalue weighted by Gasteiger charge is -2.12. The van der Waals surface area contributed by atoms with E-state index in [-0.39, 0.29) is 11.4 Å². The third kappa shape index (κ3) is 2.97. The van der Waals surface area contributed by atoms with Gasteiger partial charge in [-0.2, -0.15) is 0 Å². The number of hydrogen-bond donors (Lipinski definition) is 1. The third-order valence-corrected chi connectivity index (χ3v) is 4.28. The maximum absolute atomic E-state index is 12.9. The summed E-state index contributed by atoms with van der Waals surface area (Å²) in [7, 11) is 0. The number of aromatic hydroxyl groups is 1.